The van der Waals surface area contributed by atoms with Gasteiger partial charge in [0.05, 0.1) is 12.8 Å². The van der Waals surface area contributed by atoms with Gasteiger partial charge in [-0.3, -0.25) is 4.40 Å². The van der Waals surface area contributed by atoms with Gasteiger partial charge < -0.3 is 10.5 Å². The second-order valence-corrected chi connectivity index (χ2v) is 5.80. The van der Waals surface area contributed by atoms with Crippen molar-refractivity contribution in [2.75, 3.05) is 12.8 Å². The van der Waals surface area contributed by atoms with Crippen molar-refractivity contribution in [3.05, 3.63) is 23.7 Å². The molecule has 6 heteroatoms. The average Bonchev–Trinajstić information content (AvgIpc) is 2.89. The summed E-state index contributed by atoms with van der Waals surface area (Å²) >= 11 is 0. The van der Waals surface area contributed by atoms with Gasteiger partial charge in [-0.2, -0.15) is 4.98 Å². The van der Waals surface area contributed by atoms with Gasteiger partial charge in [-0.15, -0.1) is 0 Å². The van der Waals surface area contributed by atoms with Crippen molar-refractivity contribution in [2.24, 2.45) is 0 Å². The quantitative estimate of drug-likeness (QED) is 0.706. The first kappa shape index (κ1) is 15.5. The first-order chi connectivity index (χ1) is 11.2. The molecular weight excluding hydrogens is 290 g/mol. The van der Waals surface area contributed by atoms with Crippen LogP contribution in [0.1, 0.15) is 44.1 Å². The molecule has 0 aromatic carbocycles. The minimum Gasteiger partial charge on any atom is -0.481 e. The zero-order valence-electron chi connectivity index (χ0n) is 14.0. The largest absolute Gasteiger partial charge is 0.481 e. The summed E-state index contributed by atoms with van der Waals surface area (Å²) in [6.07, 6.45) is 5.70. The van der Waals surface area contributed by atoms with Gasteiger partial charge in [0.1, 0.15) is 16.9 Å². The summed E-state index contributed by atoms with van der Waals surface area (Å²) in [5.41, 5.74) is 9.40. The van der Waals surface area contributed by atoms with Crippen LogP contribution in [-0.2, 0) is 6.42 Å². The van der Waals surface area contributed by atoms with E-state index in [1.165, 1.54) is 19.3 Å². The molecule has 6 nitrogen and oxygen atoms in total. The second kappa shape index (κ2) is 6.40. The lowest BCUT2D eigenvalue weighted by Gasteiger charge is -2.08. The Bertz CT molecular complexity index is 840. The molecule has 0 saturated carbocycles. The number of aryl methyl sites for hydroxylation is 2. The molecule has 0 bridgehead atoms. The number of nitrogens with zero attached hydrogens (tertiary/aromatic N) is 4. The number of nitrogen functional groups attached to an aromatic ring is 1. The normalized spacial score (nSPS) is 11.4. The van der Waals surface area contributed by atoms with Crippen LogP contribution in [0.4, 0.5) is 5.82 Å². The molecule has 23 heavy (non-hydrogen) atoms. The summed E-state index contributed by atoms with van der Waals surface area (Å²) in [5.74, 6) is 2.05. The SMILES string of the molecule is CCCCCCc1nc(C)c2c(N)nc3ccc(OC)nc3n12. The Balaban J connectivity index is 2.16. The summed E-state index contributed by atoms with van der Waals surface area (Å²) in [4.78, 5) is 13.7. The third-order valence-electron chi connectivity index (χ3n) is 4.11. The number of pyridine rings is 1. The molecule has 0 aliphatic rings. The fourth-order valence-electron chi connectivity index (χ4n) is 2.96. The molecular formula is C17H23N5O. The van der Waals surface area contributed by atoms with Gasteiger partial charge in [-0.1, -0.05) is 26.2 Å². The number of hydrogen-bond acceptors (Lipinski definition) is 5. The number of anilines is 1. The van der Waals surface area contributed by atoms with Crippen LogP contribution in [0, 0.1) is 6.92 Å². The maximum absolute atomic E-state index is 6.15. The van der Waals surface area contributed by atoms with E-state index in [1.807, 2.05) is 17.4 Å². The summed E-state index contributed by atoms with van der Waals surface area (Å²) in [6.45, 7) is 4.18. The minimum absolute atomic E-state index is 0.495. The van der Waals surface area contributed by atoms with E-state index in [9.17, 15) is 0 Å². The predicted molar refractivity (Wildman–Crippen MR) is 91.8 cm³/mol. The number of nitrogens with two attached hydrogens (primary N) is 1. The number of imidazole rings is 1. The number of rotatable bonds is 6. The fraction of sp³-hybridized carbons (Fsp3) is 0.471. The van der Waals surface area contributed by atoms with Crippen molar-refractivity contribution in [3.63, 3.8) is 0 Å². The van der Waals surface area contributed by atoms with Crippen molar-refractivity contribution in [1.82, 2.24) is 19.4 Å². The second-order valence-electron chi connectivity index (χ2n) is 5.80. The van der Waals surface area contributed by atoms with E-state index in [4.69, 9.17) is 15.5 Å². The van der Waals surface area contributed by atoms with Gasteiger partial charge in [-0.25, -0.2) is 9.97 Å². The number of ether oxygens (including phenoxy) is 1. The Morgan fingerprint density at radius 3 is 2.70 bits per heavy atom. The molecule has 0 aliphatic carbocycles. The topological polar surface area (TPSA) is 78.3 Å². The van der Waals surface area contributed by atoms with Crippen molar-refractivity contribution in [1.29, 1.82) is 0 Å². The van der Waals surface area contributed by atoms with E-state index >= 15 is 0 Å². The van der Waals surface area contributed by atoms with Gasteiger partial charge in [0.2, 0.25) is 5.88 Å². The number of aromatic nitrogens is 4. The molecule has 3 rings (SSSR count). The predicted octanol–water partition coefficient (Wildman–Crippen LogP) is 3.30. The van der Waals surface area contributed by atoms with Gasteiger partial charge in [0.25, 0.3) is 0 Å². The Hall–Kier alpha value is -2.37. The van der Waals surface area contributed by atoms with E-state index in [-0.39, 0.29) is 0 Å². The summed E-state index contributed by atoms with van der Waals surface area (Å²) in [7, 11) is 1.61. The van der Waals surface area contributed by atoms with Gasteiger partial charge >= 0.3 is 0 Å². The maximum Gasteiger partial charge on any atom is 0.215 e. The zero-order valence-corrected chi connectivity index (χ0v) is 14.0. The number of methoxy groups -OCH3 is 1. The summed E-state index contributed by atoms with van der Waals surface area (Å²) in [6, 6.07) is 3.68. The van der Waals surface area contributed by atoms with E-state index in [1.54, 1.807) is 13.2 Å². The molecule has 0 aliphatic heterocycles. The molecule has 0 radical (unpaired) electrons. The summed E-state index contributed by atoms with van der Waals surface area (Å²) in [5, 5.41) is 0. The Morgan fingerprint density at radius 1 is 1.13 bits per heavy atom. The van der Waals surface area contributed by atoms with Gasteiger partial charge in [-0.05, 0) is 19.4 Å². The molecule has 3 aromatic heterocycles. The number of unbranched alkanes of at least 4 members (excludes halogenated alkanes) is 3. The van der Waals surface area contributed by atoms with E-state index in [2.05, 4.69) is 16.9 Å². The highest BCUT2D eigenvalue weighted by atomic mass is 16.5. The lowest BCUT2D eigenvalue weighted by Crippen LogP contribution is -2.04. The third-order valence-corrected chi connectivity index (χ3v) is 4.11. The zero-order chi connectivity index (χ0) is 16.4. The highest BCUT2D eigenvalue weighted by Crippen LogP contribution is 2.25. The van der Waals surface area contributed by atoms with E-state index in [0.717, 1.165) is 41.0 Å². The highest BCUT2D eigenvalue weighted by molar-refractivity contribution is 5.83. The van der Waals surface area contributed by atoms with Gasteiger partial charge in [0, 0.05) is 12.5 Å². The maximum atomic E-state index is 6.15. The van der Waals surface area contributed by atoms with Crippen LogP contribution in [-0.4, -0.2) is 26.5 Å². The smallest absolute Gasteiger partial charge is 0.215 e. The molecule has 0 spiro atoms. The summed E-state index contributed by atoms with van der Waals surface area (Å²) < 4.78 is 7.30. The monoisotopic (exact) mass is 313 g/mol. The van der Waals surface area contributed by atoms with Crippen molar-refractivity contribution < 1.29 is 4.74 Å². The Morgan fingerprint density at radius 2 is 1.96 bits per heavy atom. The van der Waals surface area contributed by atoms with Crippen LogP contribution in [0.5, 0.6) is 5.88 Å². The lowest BCUT2D eigenvalue weighted by atomic mass is 10.1. The lowest BCUT2D eigenvalue weighted by molar-refractivity contribution is 0.399. The molecule has 0 amide bonds. The Labute approximate surface area is 135 Å². The van der Waals surface area contributed by atoms with Crippen molar-refractivity contribution in [3.8, 4) is 5.88 Å². The molecule has 3 aromatic rings. The van der Waals surface area contributed by atoms with Crippen molar-refractivity contribution >= 4 is 22.5 Å². The number of fused-ring (bicyclic) bond motifs is 3. The van der Waals surface area contributed by atoms with Crippen LogP contribution < -0.4 is 10.5 Å². The highest BCUT2D eigenvalue weighted by Gasteiger charge is 2.16. The third kappa shape index (κ3) is 2.81. The van der Waals surface area contributed by atoms with E-state index in [0.29, 0.717) is 11.7 Å². The molecule has 0 atom stereocenters. The average molecular weight is 313 g/mol. The molecule has 2 N–H and O–H groups in total. The first-order valence-corrected chi connectivity index (χ1v) is 8.13. The van der Waals surface area contributed by atoms with Crippen LogP contribution in [0.2, 0.25) is 0 Å². The van der Waals surface area contributed by atoms with Gasteiger partial charge in [0.15, 0.2) is 11.5 Å². The molecule has 0 fully saturated rings. The molecule has 0 unspecified atom stereocenters. The van der Waals surface area contributed by atoms with Crippen LogP contribution >= 0.6 is 0 Å². The van der Waals surface area contributed by atoms with Crippen LogP contribution in [0.3, 0.4) is 0 Å². The molecule has 0 saturated heterocycles. The van der Waals surface area contributed by atoms with Crippen LogP contribution in [0.25, 0.3) is 16.7 Å². The Kier molecular flexibility index (Phi) is 4.32. The van der Waals surface area contributed by atoms with Crippen molar-refractivity contribution in [2.45, 2.75) is 46.0 Å². The van der Waals surface area contributed by atoms with E-state index < -0.39 is 0 Å². The first-order valence-electron chi connectivity index (χ1n) is 8.13. The number of hydrogen-bond donors (Lipinski definition) is 1. The fourth-order valence-corrected chi connectivity index (χ4v) is 2.96. The molecule has 3 heterocycles. The van der Waals surface area contributed by atoms with Crippen LogP contribution in [0.15, 0.2) is 12.1 Å². The standard InChI is InChI=1S/C17H23N5O/c1-4-5-6-7-8-13-19-11(2)15-16(18)20-12-9-10-14(23-3)21-17(12)22(13)15/h9-10H,4-8H2,1-3H3,(H2,18,20). The molecule has 122 valence electrons. The minimum atomic E-state index is 0.495.